The summed E-state index contributed by atoms with van der Waals surface area (Å²) in [5.41, 5.74) is 1.47. The van der Waals surface area contributed by atoms with Crippen molar-refractivity contribution in [2.24, 2.45) is 0 Å². The van der Waals surface area contributed by atoms with Crippen LogP contribution in [0.3, 0.4) is 0 Å². The van der Waals surface area contributed by atoms with E-state index < -0.39 is 4.92 Å². The average Bonchev–Trinajstić information content (AvgIpc) is 2.98. The fourth-order valence-corrected chi connectivity index (χ4v) is 3.59. The third kappa shape index (κ3) is 20.3. The van der Waals surface area contributed by atoms with Crippen molar-refractivity contribution in [1.82, 2.24) is 0 Å². The lowest BCUT2D eigenvalue weighted by Crippen LogP contribution is -2.15. The number of nitrogens with zero attached hydrogens (tertiary/aromatic N) is 1. The first-order valence-electron chi connectivity index (χ1n) is 15.0. The summed E-state index contributed by atoms with van der Waals surface area (Å²) in [6.45, 7) is 10.9. The van der Waals surface area contributed by atoms with Crippen molar-refractivity contribution < 1.29 is 52.3 Å². The van der Waals surface area contributed by atoms with Gasteiger partial charge in [0.2, 0.25) is 0 Å². The topological polar surface area (TPSA) is 135 Å². The van der Waals surface area contributed by atoms with Gasteiger partial charge in [0.15, 0.2) is 0 Å². The van der Waals surface area contributed by atoms with Gasteiger partial charge in [0.25, 0.3) is 5.69 Å². The van der Waals surface area contributed by atoms with E-state index >= 15 is 0 Å². The smallest absolute Gasteiger partial charge is 0.269 e. The highest BCUT2D eigenvalue weighted by atomic mass is 16.6. The van der Waals surface area contributed by atoms with Crippen molar-refractivity contribution in [2.45, 2.75) is 26.2 Å². The molecule has 246 valence electrons. The molecule has 1 aromatic rings. The number of ether oxygens (including phenoxy) is 10. The van der Waals surface area contributed by atoms with E-state index in [1.807, 2.05) is 6.92 Å². The van der Waals surface area contributed by atoms with E-state index in [1.165, 1.54) is 37.0 Å². The van der Waals surface area contributed by atoms with Crippen LogP contribution in [-0.2, 0) is 42.6 Å². The lowest BCUT2D eigenvalue weighted by atomic mass is 9.92. The number of non-ortho nitro benzene ring substituents is 1. The van der Waals surface area contributed by atoms with Crippen LogP contribution < -0.4 is 4.74 Å². The molecular weight excluding hydrogens is 566 g/mol. The van der Waals surface area contributed by atoms with E-state index in [2.05, 4.69) is 0 Å². The van der Waals surface area contributed by atoms with Crippen molar-refractivity contribution >= 4 is 5.69 Å². The second-order valence-electron chi connectivity index (χ2n) is 9.36. The third-order valence-corrected chi connectivity index (χ3v) is 6.15. The van der Waals surface area contributed by atoms with Gasteiger partial charge < -0.3 is 47.4 Å². The van der Waals surface area contributed by atoms with Crippen molar-refractivity contribution in [1.29, 1.82) is 0 Å². The molecule has 0 heterocycles. The van der Waals surface area contributed by atoms with Crippen LogP contribution >= 0.6 is 0 Å². The Hall–Kier alpha value is -2.36. The maximum absolute atomic E-state index is 10.6. The van der Waals surface area contributed by atoms with Crippen LogP contribution in [0.2, 0.25) is 0 Å². The number of rotatable bonds is 30. The van der Waals surface area contributed by atoms with E-state index in [9.17, 15) is 10.1 Å². The lowest BCUT2D eigenvalue weighted by molar-refractivity contribution is -0.384. The van der Waals surface area contributed by atoms with E-state index in [1.54, 1.807) is 12.1 Å². The summed E-state index contributed by atoms with van der Waals surface area (Å²) in [6, 6.07) is 5.92. The van der Waals surface area contributed by atoms with Gasteiger partial charge in [0.1, 0.15) is 19.0 Å². The number of hydrogen-bond donors (Lipinski definition) is 0. The molecule has 1 aromatic carbocycles. The van der Waals surface area contributed by atoms with Gasteiger partial charge in [-0.3, -0.25) is 10.1 Å². The summed E-state index contributed by atoms with van der Waals surface area (Å²) in [6.07, 6.45) is 3.63. The molecule has 13 heteroatoms. The highest BCUT2D eigenvalue weighted by Gasteiger charge is 2.12. The molecule has 1 aliphatic carbocycles. The second kappa shape index (κ2) is 26.1. The molecular formula is C30H49NO12. The van der Waals surface area contributed by atoms with Crippen molar-refractivity contribution in [3.8, 4) is 5.75 Å². The van der Waals surface area contributed by atoms with Gasteiger partial charge in [-0.1, -0.05) is 0 Å². The molecule has 0 atom stereocenters. The predicted molar refractivity (Wildman–Crippen MR) is 158 cm³/mol. The molecule has 0 spiro atoms. The van der Waals surface area contributed by atoms with Crippen LogP contribution in [0.1, 0.15) is 26.2 Å². The summed E-state index contributed by atoms with van der Waals surface area (Å²) >= 11 is 0. The van der Waals surface area contributed by atoms with Gasteiger partial charge in [0, 0.05) is 12.1 Å². The Morgan fingerprint density at radius 2 is 0.930 bits per heavy atom. The number of allylic oxidation sites excluding steroid dienone is 2. The second-order valence-corrected chi connectivity index (χ2v) is 9.36. The first-order valence-corrected chi connectivity index (χ1v) is 15.0. The molecule has 0 amide bonds. The molecule has 0 aliphatic heterocycles. The lowest BCUT2D eigenvalue weighted by Gasteiger charge is -2.20. The molecule has 1 saturated carbocycles. The highest BCUT2D eigenvalue weighted by Crippen LogP contribution is 2.28. The predicted octanol–water partition coefficient (Wildman–Crippen LogP) is 3.58. The quantitative estimate of drug-likeness (QED) is 0.0542. The highest BCUT2D eigenvalue weighted by molar-refractivity contribution is 5.35. The Balaban J connectivity index is 1.17. The summed E-state index contributed by atoms with van der Waals surface area (Å²) in [7, 11) is 0. The van der Waals surface area contributed by atoms with Gasteiger partial charge in [-0.25, -0.2) is 0 Å². The van der Waals surface area contributed by atoms with Gasteiger partial charge >= 0.3 is 0 Å². The van der Waals surface area contributed by atoms with Crippen LogP contribution in [-0.4, -0.2) is 124 Å². The van der Waals surface area contributed by atoms with E-state index in [0.29, 0.717) is 125 Å². The summed E-state index contributed by atoms with van der Waals surface area (Å²) < 4.78 is 54.8. The van der Waals surface area contributed by atoms with Crippen LogP contribution in [0.5, 0.6) is 5.75 Å². The Morgan fingerprint density at radius 1 is 0.581 bits per heavy atom. The molecule has 43 heavy (non-hydrogen) atoms. The molecule has 2 rings (SSSR count). The molecule has 0 unspecified atom stereocenters. The maximum atomic E-state index is 10.6. The molecule has 13 nitrogen and oxygen atoms in total. The number of benzene rings is 1. The minimum atomic E-state index is -0.450. The van der Waals surface area contributed by atoms with Gasteiger partial charge in [-0.2, -0.15) is 0 Å². The molecule has 0 saturated heterocycles. The largest absolute Gasteiger partial charge is 0.496 e. The van der Waals surface area contributed by atoms with Crippen molar-refractivity contribution in [2.75, 3.05) is 119 Å². The molecule has 0 radical (unpaired) electrons. The van der Waals surface area contributed by atoms with Gasteiger partial charge in [-0.15, -0.1) is 0 Å². The monoisotopic (exact) mass is 615 g/mol. The van der Waals surface area contributed by atoms with E-state index in [0.717, 1.165) is 5.76 Å². The number of nitro benzene ring substituents is 1. The number of hydrogen-bond acceptors (Lipinski definition) is 12. The fourth-order valence-electron chi connectivity index (χ4n) is 3.59. The zero-order chi connectivity index (χ0) is 30.6. The van der Waals surface area contributed by atoms with Gasteiger partial charge in [0.05, 0.1) is 116 Å². The van der Waals surface area contributed by atoms with Crippen LogP contribution in [0.25, 0.3) is 0 Å². The molecule has 0 N–H and O–H groups in total. The minimum absolute atomic E-state index is 0.0283. The number of nitro groups is 1. The molecule has 0 bridgehead atoms. The Morgan fingerprint density at radius 3 is 1.26 bits per heavy atom. The Bertz CT molecular complexity index is 846. The van der Waals surface area contributed by atoms with Crippen molar-refractivity contribution in [3.63, 3.8) is 0 Å². The third-order valence-electron chi connectivity index (χ3n) is 6.15. The molecule has 1 aliphatic rings. The van der Waals surface area contributed by atoms with Crippen LogP contribution in [0.15, 0.2) is 35.6 Å². The molecule has 0 aromatic heterocycles. The Kier molecular flexibility index (Phi) is 22.3. The van der Waals surface area contributed by atoms with Crippen molar-refractivity contribution in [3.05, 3.63) is 45.7 Å². The summed E-state index contributed by atoms with van der Waals surface area (Å²) in [5.74, 6) is 1.62. The fraction of sp³-hybridized carbons (Fsp3) is 0.733. The van der Waals surface area contributed by atoms with E-state index in [-0.39, 0.29) is 5.69 Å². The first kappa shape index (κ1) is 36.8. The first-order chi connectivity index (χ1) is 21.2. The zero-order valence-corrected chi connectivity index (χ0v) is 25.5. The standard InChI is InChI=1S/C30H49NO12/c1-27(28-3-2-4-28)42-25-23-40-21-19-38-17-15-36-13-11-34-9-10-35-12-14-37-16-18-39-20-22-41-24-26-43-30-7-5-29(6-8-30)31(32)33/h5-8H,2-4,9-26H2,1H3. The molecule has 1 fully saturated rings. The van der Waals surface area contributed by atoms with Crippen LogP contribution in [0.4, 0.5) is 5.69 Å². The maximum Gasteiger partial charge on any atom is 0.269 e. The Labute approximate surface area is 254 Å². The zero-order valence-electron chi connectivity index (χ0n) is 25.5. The SMILES string of the molecule is CC(OCCOCCOCCOCCOCCOCCOCCOCCOCCOc1ccc([N+](=O)[O-])cc1)=C1CCC1. The average molecular weight is 616 g/mol. The van der Waals surface area contributed by atoms with E-state index in [4.69, 9.17) is 47.4 Å². The normalized spacial score (nSPS) is 12.7. The summed E-state index contributed by atoms with van der Waals surface area (Å²) in [5, 5.41) is 10.6. The van der Waals surface area contributed by atoms with Crippen LogP contribution in [0, 0.1) is 10.1 Å². The summed E-state index contributed by atoms with van der Waals surface area (Å²) in [4.78, 5) is 10.2. The van der Waals surface area contributed by atoms with Gasteiger partial charge in [-0.05, 0) is 43.9 Å². The minimum Gasteiger partial charge on any atom is -0.496 e.